The van der Waals surface area contributed by atoms with Gasteiger partial charge in [-0.1, -0.05) is 35.9 Å². The van der Waals surface area contributed by atoms with Crippen molar-refractivity contribution in [1.82, 2.24) is 19.7 Å². The van der Waals surface area contributed by atoms with Gasteiger partial charge in [-0.15, -0.1) is 0 Å². The third kappa shape index (κ3) is 5.79. The number of nitrogens with zero attached hydrogens (tertiary/aromatic N) is 5. The van der Waals surface area contributed by atoms with E-state index in [4.69, 9.17) is 21.6 Å². The molecular formula is C25H27ClN6O2. The molecule has 1 fully saturated rings. The molecule has 0 atom stereocenters. The van der Waals surface area contributed by atoms with Crippen molar-refractivity contribution >= 4 is 29.0 Å². The zero-order chi connectivity index (χ0) is 24.1. The number of carbonyl (C=O) groups is 1. The molecule has 0 saturated carbocycles. The Bertz CT molecular complexity index is 1190. The summed E-state index contributed by atoms with van der Waals surface area (Å²) in [5.74, 6) is 0.414. The van der Waals surface area contributed by atoms with E-state index in [1.807, 2.05) is 36.9 Å². The second kappa shape index (κ2) is 10.3. The number of benzene rings is 1. The van der Waals surface area contributed by atoms with Crippen LogP contribution in [0, 0.1) is 16.7 Å². The molecule has 4 rings (SSSR count). The van der Waals surface area contributed by atoms with Gasteiger partial charge in [0.15, 0.2) is 5.78 Å². The molecule has 0 spiro atoms. The maximum atomic E-state index is 12.5. The lowest BCUT2D eigenvalue weighted by Gasteiger charge is -2.22. The number of hydrogen-bond donors (Lipinski definition) is 1. The van der Waals surface area contributed by atoms with E-state index < -0.39 is 5.41 Å². The fourth-order valence-electron chi connectivity index (χ4n) is 3.75. The Morgan fingerprint density at radius 1 is 1.26 bits per heavy atom. The SMILES string of the molecule is CC(C)(C#N)CCC(=O)c1ccc(-c2nc(Nc3cnn(C4CCOCC4)c3)ncc2Cl)cc1. The van der Waals surface area contributed by atoms with Crippen molar-refractivity contribution in [3.8, 4) is 17.3 Å². The second-order valence-electron chi connectivity index (χ2n) is 9.06. The van der Waals surface area contributed by atoms with Crippen LogP contribution in [0.4, 0.5) is 11.6 Å². The lowest BCUT2D eigenvalue weighted by molar-refractivity contribution is 0.0662. The van der Waals surface area contributed by atoms with Crippen molar-refractivity contribution in [2.24, 2.45) is 5.41 Å². The van der Waals surface area contributed by atoms with Crippen molar-refractivity contribution in [2.45, 2.75) is 45.6 Å². The average Bonchev–Trinajstić information content (AvgIpc) is 3.33. The molecule has 0 radical (unpaired) electrons. The summed E-state index contributed by atoms with van der Waals surface area (Å²) >= 11 is 6.38. The summed E-state index contributed by atoms with van der Waals surface area (Å²) in [6.45, 7) is 5.17. The van der Waals surface area contributed by atoms with Crippen LogP contribution in [0.5, 0.6) is 0 Å². The molecule has 1 aliphatic rings. The molecule has 9 heteroatoms. The Morgan fingerprint density at radius 2 is 2.00 bits per heavy atom. The lowest BCUT2D eigenvalue weighted by Crippen LogP contribution is -2.19. The summed E-state index contributed by atoms with van der Waals surface area (Å²) in [6, 6.07) is 9.74. The molecule has 0 aliphatic carbocycles. The quantitative estimate of drug-likeness (QED) is 0.420. The fraction of sp³-hybridized carbons (Fsp3) is 0.400. The number of carbonyl (C=O) groups excluding carboxylic acids is 1. The van der Waals surface area contributed by atoms with Crippen LogP contribution in [-0.2, 0) is 4.74 Å². The predicted octanol–water partition coefficient (Wildman–Crippen LogP) is 5.60. The van der Waals surface area contributed by atoms with Gasteiger partial charge in [0, 0.05) is 37.0 Å². The Labute approximate surface area is 203 Å². The Balaban J connectivity index is 1.45. The molecule has 0 unspecified atom stereocenters. The molecule has 8 nitrogen and oxygen atoms in total. The van der Waals surface area contributed by atoms with Gasteiger partial charge in [0.25, 0.3) is 0 Å². The van der Waals surface area contributed by atoms with Gasteiger partial charge in [0.05, 0.1) is 46.3 Å². The molecule has 3 heterocycles. The predicted molar refractivity (Wildman–Crippen MR) is 130 cm³/mol. The van der Waals surface area contributed by atoms with Crippen molar-refractivity contribution in [1.29, 1.82) is 5.26 Å². The third-order valence-electron chi connectivity index (χ3n) is 5.93. The highest BCUT2D eigenvalue weighted by atomic mass is 35.5. The number of ketones is 1. The topological polar surface area (TPSA) is 106 Å². The third-order valence-corrected chi connectivity index (χ3v) is 6.20. The van der Waals surface area contributed by atoms with Crippen LogP contribution in [0.25, 0.3) is 11.3 Å². The van der Waals surface area contributed by atoms with Gasteiger partial charge in [0.1, 0.15) is 0 Å². The summed E-state index contributed by atoms with van der Waals surface area (Å²) in [6.07, 6.45) is 7.97. The Hall–Kier alpha value is -3.28. The van der Waals surface area contributed by atoms with Gasteiger partial charge in [-0.2, -0.15) is 10.4 Å². The van der Waals surface area contributed by atoms with Crippen LogP contribution in [0.2, 0.25) is 5.02 Å². The smallest absolute Gasteiger partial charge is 0.227 e. The van der Waals surface area contributed by atoms with Crippen LogP contribution in [-0.4, -0.2) is 38.7 Å². The van der Waals surface area contributed by atoms with Crippen molar-refractivity contribution in [2.75, 3.05) is 18.5 Å². The zero-order valence-electron chi connectivity index (χ0n) is 19.3. The minimum Gasteiger partial charge on any atom is -0.381 e. The number of nitriles is 1. The Morgan fingerprint density at radius 3 is 2.71 bits per heavy atom. The summed E-state index contributed by atoms with van der Waals surface area (Å²) in [5.41, 5.74) is 2.22. The minimum absolute atomic E-state index is 0.00700. The van der Waals surface area contributed by atoms with Crippen LogP contribution in [0.15, 0.2) is 42.9 Å². The highest BCUT2D eigenvalue weighted by Crippen LogP contribution is 2.29. The summed E-state index contributed by atoms with van der Waals surface area (Å²) < 4.78 is 7.37. The van der Waals surface area contributed by atoms with E-state index in [-0.39, 0.29) is 5.78 Å². The largest absolute Gasteiger partial charge is 0.381 e. The molecule has 1 aromatic carbocycles. The monoisotopic (exact) mass is 478 g/mol. The van der Waals surface area contributed by atoms with Crippen molar-refractivity contribution in [3.05, 3.63) is 53.4 Å². The lowest BCUT2D eigenvalue weighted by atomic mass is 9.88. The molecule has 0 bridgehead atoms. The molecule has 34 heavy (non-hydrogen) atoms. The van der Waals surface area contributed by atoms with E-state index in [1.54, 1.807) is 24.5 Å². The van der Waals surface area contributed by atoms with Crippen LogP contribution >= 0.6 is 11.6 Å². The van der Waals surface area contributed by atoms with Crippen LogP contribution in [0.1, 0.15) is 55.9 Å². The number of rotatable bonds is 8. The first-order chi connectivity index (χ1) is 16.3. The summed E-state index contributed by atoms with van der Waals surface area (Å²) in [5, 5.41) is 17.2. The fourth-order valence-corrected chi connectivity index (χ4v) is 3.95. The van der Waals surface area contributed by atoms with Gasteiger partial charge in [-0.25, -0.2) is 9.97 Å². The number of anilines is 2. The maximum Gasteiger partial charge on any atom is 0.227 e. The highest BCUT2D eigenvalue weighted by Gasteiger charge is 2.19. The van der Waals surface area contributed by atoms with Crippen molar-refractivity contribution < 1.29 is 9.53 Å². The number of halogens is 1. The summed E-state index contributed by atoms with van der Waals surface area (Å²) in [7, 11) is 0. The van der Waals surface area contributed by atoms with Crippen LogP contribution < -0.4 is 5.32 Å². The average molecular weight is 479 g/mol. The van der Waals surface area contributed by atoms with Crippen molar-refractivity contribution in [3.63, 3.8) is 0 Å². The molecule has 0 amide bonds. The number of ether oxygens (including phenoxy) is 1. The molecule has 2 aromatic heterocycles. The van der Waals surface area contributed by atoms with E-state index in [1.165, 1.54) is 0 Å². The van der Waals surface area contributed by atoms with Gasteiger partial charge in [-0.05, 0) is 33.1 Å². The van der Waals surface area contributed by atoms with E-state index in [9.17, 15) is 4.79 Å². The van der Waals surface area contributed by atoms with Gasteiger partial charge < -0.3 is 10.1 Å². The Kier molecular flexibility index (Phi) is 7.25. The van der Waals surface area contributed by atoms with E-state index in [2.05, 4.69) is 26.5 Å². The second-order valence-corrected chi connectivity index (χ2v) is 9.47. The van der Waals surface area contributed by atoms with E-state index in [0.29, 0.717) is 41.1 Å². The molecule has 3 aromatic rings. The summed E-state index contributed by atoms with van der Waals surface area (Å²) in [4.78, 5) is 21.4. The van der Waals surface area contributed by atoms with E-state index >= 15 is 0 Å². The minimum atomic E-state index is -0.519. The van der Waals surface area contributed by atoms with Gasteiger partial charge in [0.2, 0.25) is 5.95 Å². The number of nitrogens with one attached hydrogen (secondary N) is 1. The highest BCUT2D eigenvalue weighted by molar-refractivity contribution is 6.32. The molecule has 1 aliphatic heterocycles. The normalized spacial score (nSPS) is 14.5. The first-order valence-corrected chi connectivity index (χ1v) is 11.7. The maximum absolute atomic E-state index is 12.5. The molecule has 1 saturated heterocycles. The first-order valence-electron chi connectivity index (χ1n) is 11.3. The molecule has 176 valence electrons. The molecular weight excluding hydrogens is 452 g/mol. The number of aromatic nitrogens is 4. The standard InChI is InChI=1S/C25H27ClN6O2/c1-25(2,16-27)10-7-22(33)17-3-5-18(6-4-17)23-21(26)14-28-24(31-23)30-19-13-29-32(15-19)20-8-11-34-12-9-20/h3-6,13-15,20H,7-12H2,1-2H3,(H,28,30,31). The first kappa shape index (κ1) is 23.9. The van der Waals surface area contributed by atoms with Gasteiger partial charge in [-0.3, -0.25) is 9.48 Å². The van der Waals surface area contributed by atoms with E-state index in [0.717, 1.165) is 37.3 Å². The van der Waals surface area contributed by atoms with Gasteiger partial charge >= 0.3 is 0 Å². The number of hydrogen-bond acceptors (Lipinski definition) is 7. The zero-order valence-corrected chi connectivity index (χ0v) is 20.0. The molecule has 1 N–H and O–H groups in total. The van der Waals surface area contributed by atoms with Crippen LogP contribution in [0.3, 0.4) is 0 Å². The number of Topliss-reactive ketones (excluding diaryl/α,β-unsaturated/α-hetero) is 1.